The molecule has 0 saturated carbocycles. The minimum Gasteiger partial charge on any atom is -0.307 e. The first-order valence-electron chi connectivity index (χ1n) is 19.7. The lowest BCUT2D eigenvalue weighted by molar-refractivity contribution is 0.656. The first-order chi connectivity index (χ1) is 28.1. The Hall–Kier alpha value is -7.30. The maximum absolute atomic E-state index is 5.29. The molecule has 57 heavy (non-hydrogen) atoms. The van der Waals surface area contributed by atoms with Crippen LogP contribution in [0.2, 0.25) is 0 Å². The molecule has 0 bridgehead atoms. The number of hydrogen-bond acceptors (Lipinski definition) is 2. The van der Waals surface area contributed by atoms with Crippen molar-refractivity contribution in [3.63, 3.8) is 0 Å². The molecule has 0 aliphatic heterocycles. The molecule has 0 amide bonds. The van der Waals surface area contributed by atoms with Crippen molar-refractivity contribution in [2.45, 2.75) is 19.3 Å². The minimum absolute atomic E-state index is 0.188. The standard InChI is InChI=1S/C53H36N4/c1-53(2)42-24-9-6-20-36(42)39-23-15-29-47(48(39)53)57-46-28-13-8-22-38(46)41-31-30-40-37-21-7-12-27-45(37)56(51(40)52(41)57)35-19-14-18-34(32-35)50-49(33-16-4-3-5-17-33)54-43-25-10-11-26-44(43)55-50/h3-32H,1-2H3. The van der Waals surface area contributed by atoms with Gasteiger partial charge in [-0.15, -0.1) is 0 Å². The van der Waals surface area contributed by atoms with Crippen molar-refractivity contribution in [2.75, 3.05) is 0 Å². The number of rotatable bonds is 4. The van der Waals surface area contributed by atoms with Crippen molar-refractivity contribution in [3.8, 4) is 45.0 Å². The Bertz CT molecular complexity index is 3440. The molecule has 0 atom stereocenters. The van der Waals surface area contributed by atoms with Crippen molar-refractivity contribution in [1.29, 1.82) is 0 Å². The Morgan fingerprint density at radius 1 is 0.421 bits per heavy atom. The van der Waals surface area contributed by atoms with Crippen LogP contribution in [0.3, 0.4) is 0 Å². The highest BCUT2D eigenvalue weighted by Crippen LogP contribution is 2.52. The van der Waals surface area contributed by atoms with Crippen LogP contribution in [-0.4, -0.2) is 19.1 Å². The second-order valence-corrected chi connectivity index (χ2v) is 15.8. The molecular formula is C53H36N4. The molecule has 12 rings (SSSR count). The fourth-order valence-electron chi connectivity index (χ4n) is 9.82. The van der Waals surface area contributed by atoms with Crippen LogP contribution in [0.5, 0.6) is 0 Å². The quantitative estimate of drug-likeness (QED) is 0.181. The SMILES string of the molecule is CC1(C)c2ccccc2-c2cccc(-n3c4ccccc4c4ccc5c6ccccc6n(-c6cccc(-c7nc8ccccc8nc7-c7ccccc7)c6)c5c43)c21. The lowest BCUT2D eigenvalue weighted by atomic mass is 9.81. The van der Waals surface area contributed by atoms with Crippen molar-refractivity contribution in [3.05, 3.63) is 193 Å². The van der Waals surface area contributed by atoms with E-state index in [2.05, 4.69) is 175 Å². The number of nitrogens with zero attached hydrogens (tertiary/aromatic N) is 4. The highest BCUT2D eigenvalue weighted by Gasteiger charge is 2.38. The zero-order valence-electron chi connectivity index (χ0n) is 31.6. The summed E-state index contributed by atoms with van der Waals surface area (Å²) in [5.74, 6) is 0. The highest BCUT2D eigenvalue weighted by molar-refractivity contribution is 6.24. The van der Waals surface area contributed by atoms with Crippen LogP contribution >= 0.6 is 0 Å². The molecule has 1 aliphatic rings. The summed E-state index contributed by atoms with van der Waals surface area (Å²) in [5.41, 5.74) is 17.8. The number of hydrogen-bond donors (Lipinski definition) is 0. The molecule has 1 aliphatic carbocycles. The van der Waals surface area contributed by atoms with Gasteiger partial charge in [-0.25, -0.2) is 9.97 Å². The monoisotopic (exact) mass is 728 g/mol. The van der Waals surface area contributed by atoms with E-state index in [9.17, 15) is 0 Å². The van der Waals surface area contributed by atoms with Gasteiger partial charge in [-0.05, 0) is 64.7 Å². The van der Waals surface area contributed by atoms with E-state index >= 15 is 0 Å². The van der Waals surface area contributed by atoms with Crippen LogP contribution in [0.25, 0.3) is 99.7 Å². The van der Waals surface area contributed by atoms with E-state index in [1.807, 2.05) is 30.3 Å². The largest absolute Gasteiger partial charge is 0.307 e. The van der Waals surface area contributed by atoms with Crippen molar-refractivity contribution in [2.24, 2.45) is 0 Å². The number of aromatic nitrogens is 4. The molecule has 3 aromatic heterocycles. The molecular weight excluding hydrogens is 693 g/mol. The average Bonchev–Trinajstić information content (AvgIpc) is 3.87. The third-order valence-electron chi connectivity index (χ3n) is 12.3. The normalized spacial score (nSPS) is 13.2. The van der Waals surface area contributed by atoms with Gasteiger partial charge in [-0.1, -0.05) is 153 Å². The third-order valence-corrected chi connectivity index (χ3v) is 12.3. The molecule has 11 aromatic rings. The van der Waals surface area contributed by atoms with Crippen LogP contribution < -0.4 is 0 Å². The second kappa shape index (κ2) is 11.8. The molecule has 0 unspecified atom stereocenters. The van der Waals surface area contributed by atoms with E-state index < -0.39 is 0 Å². The van der Waals surface area contributed by atoms with Gasteiger partial charge in [0, 0.05) is 43.8 Å². The van der Waals surface area contributed by atoms with Crippen molar-refractivity contribution in [1.82, 2.24) is 19.1 Å². The molecule has 3 heterocycles. The van der Waals surface area contributed by atoms with E-state index in [1.54, 1.807) is 0 Å². The lowest BCUT2D eigenvalue weighted by Gasteiger charge is -2.25. The summed E-state index contributed by atoms with van der Waals surface area (Å²) >= 11 is 0. The number of benzene rings is 8. The van der Waals surface area contributed by atoms with E-state index in [0.717, 1.165) is 44.8 Å². The zero-order chi connectivity index (χ0) is 37.8. The van der Waals surface area contributed by atoms with E-state index in [0.29, 0.717) is 0 Å². The van der Waals surface area contributed by atoms with E-state index in [4.69, 9.17) is 9.97 Å². The smallest absolute Gasteiger partial charge is 0.0973 e. The van der Waals surface area contributed by atoms with Crippen LogP contribution in [0.4, 0.5) is 0 Å². The third kappa shape index (κ3) is 4.50. The topological polar surface area (TPSA) is 35.6 Å². The van der Waals surface area contributed by atoms with Gasteiger partial charge in [0.05, 0.1) is 50.2 Å². The molecule has 4 heteroatoms. The Labute approximate surface area is 329 Å². The fraction of sp³-hybridized carbons (Fsp3) is 0.0566. The summed E-state index contributed by atoms with van der Waals surface area (Å²) in [6.07, 6.45) is 0. The van der Waals surface area contributed by atoms with E-state index in [-0.39, 0.29) is 5.41 Å². The van der Waals surface area contributed by atoms with Gasteiger partial charge in [-0.3, -0.25) is 0 Å². The average molecular weight is 729 g/mol. The Balaban J connectivity index is 1.19. The molecule has 0 fully saturated rings. The lowest BCUT2D eigenvalue weighted by Crippen LogP contribution is -2.18. The summed E-state index contributed by atoms with van der Waals surface area (Å²) in [5, 5.41) is 4.91. The Morgan fingerprint density at radius 2 is 0.965 bits per heavy atom. The highest BCUT2D eigenvalue weighted by atomic mass is 15.0. The van der Waals surface area contributed by atoms with Gasteiger partial charge < -0.3 is 9.13 Å². The first kappa shape index (κ1) is 32.0. The van der Waals surface area contributed by atoms with Gasteiger partial charge in [-0.2, -0.15) is 0 Å². The van der Waals surface area contributed by atoms with Crippen molar-refractivity contribution >= 4 is 54.6 Å². The predicted molar refractivity (Wildman–Crippen MR) is 237 cm³/mol. The van der Waals surface area contributed by atoms with Gasteiger partial charge in [0.15, 0.2) is 0 Å². The molecule has 0 spiro atoms. The van der Waals surface area contributed by atoms with E-state index in [1.165, 1.54) is 66.0 Å². The summed E-state index contributed by atoms with van der Waals surface area (Å²) in [6.45, 7) is 4.76. The maximum atomic E-state index is 5.29. The summed E-state index contributed by atoms with van der Waals surface area (Å²) in [6, 6.07) is 65.6. The molecule has 4 nitrogen and oxygen atoms in total. The summed E-state index contributed by atoms with van der Waals surface area (Å²) in [7, 11) is 0. The number of para-hydroxylation sites is 4. The molecule has 0 saturated heterocycles. The molecule has 8 aromatic carbocycles. The summed E-state index contributed by atoms with van der Waals surface area (Å²) in [4.78, 5) is 10.5. The zero-order valence-corrected chi connectivity index (χ0v) is 31.6. The Morgan fingerprint density at radius 3 is 1.70 bits per heavy atom. The molecule has 268 valence electrons. The van der Waals surface area contributed by atoms with Crippen LogP contribution in [0.1, 0.15) is 25.0 Å². The second-order valence-electron chi connectivity index (χ2n) is 15.8. The van der Waals surface area contributed by atoms with Gasteiger partial charge in [0.25, 0.3) is 0 Å². The molecule has 0 N–H and O–H groups in total. The molecule has 0 radical (unpaired) electrons. The van der Waals surface area contributed by atoms with Crippen LogP contribution in [0.15, 0.2) is 182 Å². The van der Waals surface area contributed by atoms with Crippen molar-refractivity contribution < 1.29 is 0 Å². The van der Waals surface area contributed by atoms with Gasteiger partial charge >= 0.3 is 0 Å². The number of fused-ring (bicyclic) bond motifs is 11. The minimum atomic E-state index is -0.188. The fourth-order valence-corrected chi connectivity index (χ4v) is 9.82. The van der Waals surface area contributed by atoms with Gasteiger partial charge in [0.2, 0.25) is 0 Å². The van der Waals surface area contributed by atoms with Crippen LogP contribution in [-0.2, 0) is 5.41 Å². The predicted octanol–water partition coefficient (Wildman–Crippen LogP) is 13.5. The van der Waals surface area contributed by atoms with Crippen LogP contribution in [0, 0.1) is 0 Å². The first-order valence-corrected chi connectivity index (χ1v) is 19.7. The maximum Gasteiger partial charge on any atom is 0.0973 e. The van der Waals surface area contributed by atoms with Gasteiger partial charge in [0.1, 0.15) is 0 Å². The Kier molecular flexibility index (Phi) is 6.65. The summed E-state index contributed by atoms with van der Waals surface area (Å²) < 4.78 is 5.03.